The highest BCUT2D eigenvalue weighted by atomic mass is 32.2. The van der Waals surface area contributed by atoms with Gasteiger partial charge in [-0.3, -0.25) is 4.79 Å². The third kappa shape index (κ3) is 4.06. The molecule has 1 aromatic carbocycles. The molecule has 0 saturated heterocycles. The largest absolute Gasteiger partial charge is 0.338 e. The average molecular weight is 281 g/mol. The molecule has 104 valence electrons. The molecule has 0 N–H and O–H groups in total. The number of benzene rings is 1. The highest BCUT2D eigenvalue weighted by Gasteiger charge is 2.20. The van der Waals surface area contributed by atoms with Crippen LogP contribution in [0.5, 0.6) is 0 Å². The van der Waals surface area contributed by atoms with Gasteiger partial charge in [0.2, 0.25) is 5.91 Å². The minimum Gasteiger partial charge on any atom is -0.338 e. The van der Waals surface area contributed by atoms with Crippen LogP contribution in [0.15, 0.2) is 24.3 Å². The molecule has 0 unspecified atom stereocenters. The van der Waals surface area contributed by atoms with Crippen LogP contribution in [-0.4, -0.2) is 37.8 Å². The van der Waals surface area contributed by atoms with Gasteiger partial charge in [0, 0.05) is 25.8 Å². The van der Waals surface area contributed by atoms with Crippen molar-refractivity contribution in [1.29, 1.82) is 0 Å². The zero-order valence-corrected chi connectivity index (χ0v) is 11.9. The van der Waals surface area contributed by atoms with Gasteiger partial charge < -0.3 is 4.90 Å². The highest BCUT2D eigenvalue weighted by Crippen LogP contribution is 2.19. The molecule has 1 aromatic rings. The first kappa shape index (κ1) is 14.1. The summed E-state index contributed by atoms with van der Waals surface area (Å²) < 4.78 is 22.1. The third-order valence-electron chi connectivity index (χ3n) is 3.39. The maximum atomic E-state index is 12.0. The standard InChI is InChI=1S/C14H19NO3S/c1-19(17,18)10-4-7-14(16)15-9-8-12-5-2-3-6-13(12)11-15/h2-3,5-6H,4,7-11H2,1H3. The molecule has 0 bridgehead atoms. The molecule has 5 heteroatoms. The lowest BCUT2D eigenvalue weighted by Crippen LogP contribution is -2.35. The fourth-order valence-electron chi connectivity index (χ4n) is 2.35. The zero-order chi connectivity index (χ0) is 13.9. The summed E-state index contributed by atoms with van der Waals surface area (Å²) in [5.41, 5.74) is 2.51. The Kier molecular flexibility index (Phi) is 4.24. The fraction of sp³-hybridized carbons (Fsp3) is 0.500. The second kappa shape index (κ2) is 5.74. The molecule has 0 saturated carbocycles. The summed E-state index contributed by atoms with van der Waals surface area (Å²) in [7, 11) is -2.97. The summed E-state index contributed by atoms with van der Waals surface area (Å²) in [6, 6.07) is 8.14. The minimum absolute atomic E-state index is 0.0538. The van der Waals surface area contributed by atoms with Crippen LogP contribution in [-0.2, 0) is 27.6 Å². The van der Waals surface area contributed by atoms with E-state index in [0.29, 0.717) is 19.4 Å². The minimum atomic E-state index is -2.97. The van der Waals surface area contributed by atoms with Gasteiger partial charge in [0.1, 0.15) is 9.84 Å². The Balaban J connectivity index is 1.89. The maximum Gasteiger partial charge on any atom is 0.222 e. The number of nitrogens with zero attached hydrogens (tertiary/aromatic N) is 1. The average Bonchev–Trinajstić information content (AvgIpc) is 2.36. The fourth-order valence-corrected chi connectivity index (χ4v) is 3.02. The van der Waals surface area contributed by atoms with E-state index in [1.54, 1.807) is 0 Å². The molecule has 0 radical (unpaired) electrons. The van der Waals surface area contributed by atoms with Crippen LogP contribution in [0.25, 0.3) is 0 Å². The summed E-state index contributed by atoms with van der Waals surface area (Å²) in [6.07, 6.45) is 2.81. The van der Waals surface area contributed by atoms with E-state index in [4.69, 9.17) is 0 Å². The Labute approximate surface area is 114 Å². The number of fused-ring (bicyclic) bond motifs is 1. The van der Waals surface area contributed by atoms with Gasteiger partial charge in [0.25, 0.3) is 0 Å². The van der Waals surface area contributed by atoms with E-state index in [0.717, 1.165) is 13.0 Å². The van der Waals surface area contributed by atoms with Crippen molar-refractivity contribution in [1.82, 2.24) is 4.90 Å². The molecule has 19 heavy (non-hydrogen) atoms. The van der Waals surface area contributed by atoms with Crippen molar-refractivity contribution in [2.45, 2.75) is 25.8 Å². The number of carbonyl (C=O) groups excluding carboxylic acids is 1. The predicted molar refractivity (Wildman–Crippen MR) is 74.5 cm³/mol. The van der Waals surface area contributed by atoms with E-state index in [-0.39, 0.29) is 11.7 Å². The number of carbonyl (C=O) groups is 1. The topological polar surface area (TPSA) is 54.5 Å². The quantitative estimate of drug-likeness (QED) is 0.838. The molecule has 0 spiro atoms. The van der Waals surface area contributed by atoms with Crippen LogP contribution in [0, 0.1) is 0 Å². The summed E-state index contributed by atoms with van der Waals surface area (Å²) in [5, 5.41) is 0. The maximum absolute atomic E-state index is 12.0. The summed E-state index contributed by atoms with van der Waals surface area (Å²) in [4.78, 5) is 13.8. The number of rotatable bonds is 4. The van der Waals surface area contributed by atoms with Gasteiger partial charge in [-0.1, -0.05) is 24.3 Å². The molecule has 0 aliphatic carbocycles. The van der Waals surface area contributed by atoms with E-state index in [9.17, 15) is 13.2 Å². The number of hydrogen-bond acceptors (Lipinski definition) is 3. The Bertz CT molecular complexity index is 566. The smallest absolute Gasteiger partial charge is 0.222 e. The van der Waals surface area contributed by atoms with Gasteiger partial charge in [-0.05, 0) is 24.0 Å². The number of sulfone groups is 1. The van der Waals surface area contributed by atoms with Crippen LogP contribution in [0.2, 0.25) is 0 Å². The van der Waals surface area contributed by atoms with E-state index in [1.807, 2.05) is 23.1 Å². The first-order valence-corrected chi connectivity index (χ1v) is 8.54. The molecule has 0 aromatic heterocycles. The molecule has 1 aliphatic rings. The Morgan fingerprint density at radius 2 is 1.95 bits per heavy atom. The molecule has 1 amide bonds. The Hall–Kier alpha value is -1.36. The number of hydrogen-bond donors (Lipinski definition) is 0. The molecule has 2 rings (SSSR count). The summed E-state index contributed by atoms with van der Waals surface area (Å²) in [5.74, 6) is 0.140. The van der Waals surface area contributed by atoms with E-state index >= 15 is 0 Å². The molecule has 4 nitrogen and oxygen atoms in total. The first-order chi connectivity index (χ1) is 8.96. The van der Waals surface area contributed by atoms with Gasteiger partial charge >= 0.3 is 0 Å². The van der Waals surface area contributed by atoms with Crippen LogP contribution >= 0.6 is 0 Å². The summed E-state index contributed by atoms with van der Waals surface area (Å²) in [6.45, 7) is 1.38. The van der Waals surface area contributed by atoms with E-state index in [2.05, 4.69) is 6.07 Å². The van der Waals surface area contributed by atoms with Crippen molar-refractivity contribution >= 4 is 15.7 Å². The Morgan fingerprint density at radius 1 is 1.26 bits per heavy atom. The lowest BCUT2D eigenvalue weighted by atomic mass is 10.00. The van der Waals surface area contributed by atoms with Crippen LogP contribution < -0.4 is 0 Å². The molecular weight excluding hydrogens is 262 g/mol. The molecule has 0 atom stereocenters. The van der Waals surface area contributed by atoms with Gasteiger partial charge in [-0.2, -0.15) is 0 Å². The second-order valence-electron chi connectivity index (χ2n) is 5.07. The van der Waals surface area contributed by atoms with Crippen LogP contribution in [0.1, 0.15) is 24.0 Å². The van der Waals surface area contributed by atoms with Gasteiger partial charge in [0.15, 0.2) is 0 Å². The van der Waals surface area contributed by atoms with E-state index in [1.165, 1.54) is 17.4 Å². The zero-order valence-electron chi connectivity index (χ0n) is 11.1. The molecule has 1 heterocycles. The lowest BCUT2D eigenvalue weighted by molar-refractivity contribution is -0.132. The predicted octanol–water partition coefficient (Wildman–Crippen LogP) is 1.40. The molecular formula is C14H19NO3S. The van der Waals surface area contributed by atoms with E-state index < -0.39 is 9.84 Å². The number of amides is 1. The van der Waals surface area contributed by atoms with Crippen LogP contribution in [0.3, 0.4) is 0 Å². The normalized spacial score (nSPS) is 15.1. The Morgan fingerprint density at radius 3 is 2.63 bits per heavy atom. The van der Waals surface area contributed by atoms with Crippen molar-refractivity contribution in [2.75, 3.05) is 18.6 Å². The van der Waals surface area contributed by atoms with Gasteiger partial charge in [0.05, 0.1) is 5.75 Å². The van der Waals surface area contributed by atoms with Crippen molar-refractivity contribution < 1.29 is 13.2 Å². The molecule has 1 aliphatic heterocycles. The third-order valence-corrected chi connectivity index (χ3v) is 4.42. The second-order valence-corrected chi connectivity index (χ2v) is 7.33. The summed E-state index contributed by atoms with van der Waals surface area (Å²) >= 11 is 0. The van der Waals surface area contributed by atoms with Crippen molar-refractivity contribution in [3.05, 3.63) is 35.4 Å². The SMILES string of the molecule is CS(=O)(=O)CCCC(=O)N1CCc2ccccc2C1. The van der Waals surface area contributed by atoms with Crippen molar-refractivity contribution in [3.63, 3.8) is 0 Å². The van der Waals surface area contributed by atoms with Gasteiger partial charge in [-0.15, -0.1) is 0 Å². The van der Waals surface area contributed by atoms with Crippen molar-refractivity contribution in [2.24, 2.45) is 0 Å². The monoisotopic (exact) mass is 281 g/mol. The highest BCUT2D eigenvalue weighted by molar-refractivity contribution is 7.90. The van der Waals surface area contributed by atoms with Crippen molar-refractivity contribution in [3.8, 4) is 0 Å². The molecule has 0 fully saturated rings. The van der Waals surface area contributed by atoms with Gasteiger partial charge in [-0.25, -0.2) is 8.42 Å². The first-order valence-electron chi connectivity index (χ1n) is 6.48. The lowest BCUT2D eigenvalue weighted by Gasteiger charge is -2.28. The van der Waals surface area contributed by atoms with Crippen LogP contribution in [0.4, 0.5) is 0 Å².